The molecule has 2 aliphatic heterocycles. The van der Waals surface area contributed by atoms with E-state index in [1.807, 2.05) is 0 Å². The predicted octanol–water partition coefficient (Wildman–Crippen LogP) is 6.81. The summed E-state index contributed by atoms with van der Waals surface area (Å²) in [6.45, 7) is 1.48. The largest absolute Gasteiger partial charge is 0.349 e. The van der Waals surface area contributed by atoms with E-state index >= 15 is 0 Å². The maximum absolute atomic E-state index is 6.91. The average molecular weight is 524 g/mol. The summed E-state index contributed by atoms with van der Waals surface area (Å²) in [7, 11) is 0. The number of ether oxygens (including phenoxy) is 3. The van der Waals surface area contributed by atoms with Crippen molar-refractivity contribution in [1.29, 1.82) is 0 Å². The van der Waals surface area contributed by atoms with E-state index in [-0.39, 0.29) is 0 Å². The fraction of sp³-hybridized carbons (Fsp3) is 0.500. The van der Waals surface area contributed by atoms with Gasteiger partial charge in [0.25, 0.3) is 0 Å². The van der Waals surface area contributed by atoms with Crippen molar-refractivity contribution < 1.29 is 14.2 Å². The van der Waals surface area contributed by atoms with Crippen molar-refractivity contribution in [3.05, 3.63) is 68.6 Å². The summed E-state index contributed by atoms with van der Waals surface area (Å²) in [5.41, 5.74) is 2.45. The summed E-state index contributed by atoms with van der Waals surface area (Å²) in [6, 6.07) is 16.9. The second-order valence-corrected chi connectivity index (χ2v) is 9.97. The maximum Gasteiger partial charge on any atom is 0.175 e. The second kappa shape index (κ2) is 9.61. The number of hydrogen-bond donors (Lipinski definition) is 0. The van der Waals surface area contributed by atoms with Gasteiger partial charge in [0, 0.05) is 34.6 Å². The molecule has 0 radical (unpaired) electrons. The van der Waals surface area contributed by atoms with Gasteiger partial charge in [-0.2, -0.15) is 0 Å². The Morgan fingerprint density at radius 3 is 1.41 bits per heavy atom. The molecule has 2 unspecified atom stereocenters. The number of hydrogen-bond acceptors (Lipinski definition) is 3. The smallest absolute Gasteiger partial charge is 0.175 e. The van der Waals surface area contributed by atoms with Gasteiger partial charge >= 0.3 is 0 Å². The van der Waals surface area contributed by atoms with Gasteiger partial charge in [-0.15, -0.1) is 0 Å². The Kier molecular flexibility index (Phi) is 7.13. The third-order valence-electron chi connectivity index (χ3n) is 5.78. The highest BCUT2D eigenvalue weighted by atomic mass is 79.9. The Labute approximate surface area is 190 Å². The molecule has 0 aliphatic carbocycles. The molecule has 29 heavy (non-hydrogen) atoms. The van der Waals surface area contributed by atoms with Crippen LogP contribution in [0.2, 0.25) is 0 Å². The van der Waals surface area contributed by atoms with E-state index in [1.54, 1.807) is 0 Å². The molecule has 2 heterocycles. The molecule has 2 aromatic rings. The number of benzene rings is 2. The van der Waals surface area contributed by atoms with Gasteiger partial charge in [-0.1, -0.05) is 56.1 Å². The molecule has 0 spiro atoms. The molecule has 5 heteroatoms. The van der Waals surface area contributed by atoms with Crippen molar-refractivity contribution in [1.82, 2.24) is 0 Å². The number of rotatable bonds is 6. The van der Waals surface area contributed by atoms with Crippen LogP contribution in [0.15, 0.2) is 57.5 Å². The molecule has 2 aromatic carbocycles. The monoisotopic (exact) mass is 522 g/mol. The lowest BCUT2D eigenvalue weighted by Crippen LogP contribution is -2.53. The van der Waals surface area contributed by atoms with Gasteiger partial charge in [-0.05, 0) is 61.1 Å². The Hall–Kier alpha value is -0.720. The van der Waals surface area contributed by atoms with E-state index in [0.29, 0.717) is 0 Å². The topological polar surface area (TPSA) is 27.7 Å². The summed E-state index contributed by atoms with van der Waals surface area (Å²) in [5, 5.41) is 0. The van der Waals surface area contributed by atoms with Gasteiger partial charge in [-0.25, -0.2) is 0 Å². The van der Waals surface area contributed by atoms with Crippen LogP contribution in [0.1, 0.15) is 49.7 Å². The third-order valence-corrected chi connectivity index (χ3v) is 6.84. The molecule has 2 aliphatic rings. The normalized spacial score (nSPS) is 27.7. The molecule has 156 valence electrons. The van der Waals surface area contributed by atoms with E-state index < -0.39 is 11.6 Å². The third kappa shape index (κ3) is 5.71. The van der Waals surface area contributed by atoms with Gasteiger partial charge in [-0.3, -0.25) is 0 Å². The molecule has 0 bridgehead atoms. The Bertz CT molecular complexity index is 709. The zero-order valence-corrected chi connectivity index (χ0v) is 19.8. The standard InChI is InChI=1S/C24H28Br2O3/c25-21-9-5-19(6-10-21)17-23(13-1-3-15-27-23)29-24(14-2-4-16-28-24)18-20-7-11-22(26)12-8-20/h5-12H,1-4,13-18H2. The summed E-state index contributed by atoms with van der Waals surface area (Å²) in [5.74, 6) is -1.25. The lowest BCUT2D eigenvalue weighted by molar-refractivity contribution is -0.376. The van der Waals surface area contributed by atoms with Gasteiger partial charge in [0.15, 0.2) is 11.6 Å². The molecule has 0 amide bonds. The summed E-state index contributed by atoms with van der Waals surface area (Å²) in [4.78, 5) is 0. The summed E-state index contributed by atoms with van der Waals surface area (Å²) in [6.07, 6.45) is 7.69. The van der Waals surface area contributed by atoms with Gasteiger partial charge in [0.05, 0.1) is 13.2 Å². The van der Waals surface area contributed by atoms with Gasteiger partial charge in [0.2, 0.25) is 0 Å². The van der Waals surface area contributed by atoms with Gasteiger partial charge in [0.1, 0.15) is 0 Å². The molecule has 3 nitrogen and oxygen atoms in total. The predicted molar refractivity (Wildman–Crippen MR) is 122 cm³/mol. The van der Waals surface area contributed by atoms with Crippen molar-refractivity contribution in [2.45, 2.75) is 62.9 Å². The van der Waals surface area contributed by atoms with Crippen molar-refractivity contribution in [3.63, 3.8) is 0 Å². The fourth-order valence-electron chi connectivity index (χ4n) is 4.33. The van der Waals surface area contributed by atoms with Crippen molar-refractivity contribution in [2.75, 3.05) is 13.2 Å². The first kappa shape index (κ1) is 21.5. The zero-order chi connectivity index (χ0) is 20.2. The highest BCUT2D eigenvalue weighted by Gasteiger charge is 2.45. The number of halogens is 2. The van der Waals surface area contributed by atoms with Crippen LogP contribution >= 0.6 is 31.9 Å². The quantitative estimate of drug-likeness (QED) is 0.416. The SMILES string of the molecule is Brc1ccc(CC2(OC3(Cc4ccc(Br)cc4)CCCCO3)CCCCO2)cc1. The van der Waals surface area contributed by atoms with Crippen LogP contribution in [-0.4, -0.2) is 24.8 Å². The van der Waals surface area contributed by atoms with Crippen molar-refractivity contribution in [2.24, 2.45) is 0 Å². The highest BCUT2D eigenvalue weighted by Crippen LogP contribution is 2.40. The van der Waals surface area contributed by atoms with Crippen molar-refractivity contribution in [3.8, 4) is 0 Å². The van der Waals surface area contributed by atoms with Crippen LogP contribution in [0.4, 0.5) is 0 Å². The molecular weight excluding hydrogens is 496 g/mol. The molecule has 2 atom stereocenters. The Morgan fingerprint density at radius 1 is 0.655 bits per heavy atom. The fourth-order valence-corrected chi connectivity index (χ4v) is 4.86. The van der Waals surface area contributed by atoms with Crippen molar-refractivity contribution >= 4 is 31.9 Å². The first-order valence-corrected chi connectivity index (χ1v) is 12.1. The van der Waals surface area contributed by atoms with E-state index in [4.69, 9.17) is 14.2 Å². The van der Waals surface area contributed by atoms with Gasteiger partial charge < -0.3 is 14.2 Å². The minimum Gasteiger partial charge on any atom is -0.349 e. The first-order chi connectivity index (χ1) is 14.1. The van der Waals surface area contributed by atoms with Crippen LogP contribution in [0.3, 0.4) is 0 Å². The minimum absolute atomic E-state index is 0.626. The molecule has 2 fully saturated rings. The van der Waals surface area contributed by atoms with E-state index in [9.17, 15) is 0 Å². The maximum atomic E-state index is 6.91. The summed E-state index contributed by atoms with van der Waals surface area (Å²) < 4.78 is 21.8. The molecule has 0 saturated carbocycles. The first-order valence-electron chi connectivity index (χ1n) is 10.5. The zero-order valence-electron chi connectivity index (χ0n) is 16.7. The Balaban J connectivity index is 1.59. The Morgan fingerprint density at radius 2 is 1.07 bits per heavy atom. The van der Waals surface area contributed by atoms with Crippen LogP contribution in [0.5, 0.6) is 0 Å². The molecule has 4 rings (SSSR count). The van der Waals surface area contributed by atoms with E-state index in [0.717, 1.165) is 73.5 Å². The lowest BCUT2D eigenvalue weighted by Gasteiger charge is -2.47. The molecule has 2 saturated heterocycles. The highest BCUT2D eigenvalue weighted by molar-refractivity contribution is 9.10. The summed E-state index contributed by atoms with van der Waals surface area (Å²) >= 11 is 7.06. The minimum atomic E-state index is -0.626. The van der Waals surface area contributed by atoms with Crippen LogP contribution < -0.4 is 0 Å². The van der Waals surface area contributed by atoms with E-state index in [1.165, 1.54) is 11.1 Å². The van der Waals surface area contributed by atoms with Crippen LogP contribution in [0, 0.1) is 0 Å². The molecule has 0 N–H and O–H groups in total. The lowest BCUT2D eigenvalue weighted by atomic mass is 9.93. The average Bonchev–Trinajstić information content (AvgIpc) is 2.73. The van der Waals surface area contributed by atoms with Crippen LogP contribution in [0.25, 0.3) is 0 Å². The molecular formula is C24H28Br2O3. The van der Waals surface area contributed by atoms with E-state index in [2.05, 4.69) is 80.4 Å². The molecule has 0 aromatic heterocycles. The second-order valence-electron chi connectivity index (χ2n) is 8.14. The van der Waals surface area contributed by atoms with Crippen LogP contribution in [-0.2, 0) is 27.1 Å².